The smallest absolute Gasteiger partial charge is 0.418 e. The van der Waals surface area contributed by atoms with E-state index < -0.39 is 30.2 Å². The number of aryl methyl sites for hydroxylation is 1. The fourth-order valence-electron chi connectivity index (χ4n) is 4.30. The maximum absolute atomic E-state index is 14.3. The van der Waals surface area contributed by atoms with Crippen LogP contribution in [0.4, 0.5) is 13.2 Å². The van der Waals surface area contributed by atoms with Crippen LogP contribution in [-0.2, 0) is 12.0 Å². The molecule has 4 rings (SSSR count). The number of benzene rings is 1. The van der Waals surface area contributed by atoms with Gasteiger partial charge in [0.1, 0.15) is 5.52 Å². The van der Waals surface area contributed by atoms with E-state index in [2.05, 4.69) is 4.98 Å². The van der Waals surface area contributed by atoms with Crippen molar-refractivity contribution in [2.75, 3.05) is 6.79 Å². The average molecular weight is 448 g/mol. The van der Waals surface area contributed by atoms with Crippen molar-refractivity contribution < 1.29 is 27.8 Å². The second-order valence-corrected chi connectivity index (χ2v) is 8.77. The van der Waals surface area contributed by atoms with Gasteiger partial charge < -0.3 is 19.1 Å². The van der Waals surface area contributed by atoms with Gasteiger partial charge in [0, 0.05) is 23.5 Å². The molecule has 170 valence electrons. The van der Waals surface area contributed by atoms with Gasteiger partial charge in [0.25, 0.3) is 0 Å². The van der Waals surface area contributed by atoms with Gasteiger partial charge in [0.2, 0.25) is 12.2 Å². The lowest BCUT2D eigenvalue weighted by atomic mass is 9.74. The highest BCUT2D eigenvalue weighted by Gasteiger charge is 2.56. The van der Waals surface area contributed by atoms with Gasteiger partial charge in [-0.05, 0) is 37.0 Å². The molecule has 3 aromatic rings. The lowest BCUT2D eigenvalue weighted by Crippen LogP contribution is -2.52. The zero-order valence-corrected chi connectivity index (χ0v) is 17.9. The molecule has 1 atom stereocenters. The fourth-order valence-corrected chi connectivity index (χ4v) is 4.30. The molecule has 9 heteroatoms. The summed E-state index contributed by atoms with van der Waals surface area (Å²) in [6.45, 7) is 3.94. The van der Waals surface area contributed by atoms with Gasteiger partial charge in [-0.15, -0.1) is 0 Å². The second-order valence-electron chi connectivity index (χ2n) is 8.77. The summed E-state index contributed by atoms with van der Waals surface area (Å²) in [5.74, 6) is 0.843. The van der Waals surface area contributed by atoms with Crippen LogP contribution in [0.5, 0.6) is 11.5 Å². The van der Waals surface area contributed by atoms with Crippen LogP contribution < -0.4 is 14.9 Å². The third-order valence-electron chi connectivity index (χ3n) is 5.84. The lowest BCUT2D eigenvalue weighted by molar-refractivity contribution is -0.271. The number of hydrogen-bond donors (Lipinski definition) is 1. The van der Waals surface area contributed by atoms with Crippen molar-refractivity contribution in [1.29, 1.82) is 0 Å². The minimum Gasteiger partial charge on any atom is -0.454 e. The molecular weight excluding hydrogens is 425 g/mol. The first kappa shape index (κ1) is 22.1. The number of para-hydroxylation sites is 1. The van der Waals surface area contributed by atoms with Crippen molar-refractivity contribution in [3.8, 4) is 11.5 Å². The van der Waals surface area contributed by atoms with Crippen LogP contribution in [0, 0.1) is 6.92 Å². The molecule has 1 aromatic carbocycles. The van der Waals surface area contributed by atoms with Gasteiger partial charge >= 0.3 is 6.18 Å². The Morgan fingerprint density at radius 1 is 1.16 bits per heavy atom. The number of halogens is 3. The van der Waals surface area contributed by atoms with E-state index >= 15 is 0 Å². The van der Waals surface area contributed by atoms with Crippen LogP contribution >= 0.6 is 0 Å². The highest BCUT2D eigenvalue weighted by molar-refractivity contribution is 5.74. The van der Waals surface area contributed by atoms with Gasteiger partial charge in [0.05, 0.1) is 12.1 Å². The molecule has 0 aliphatic carbocycles. The van der Waals surface area contributed by atoms with E-state index in [1.54, 1.807) is 32.0 Å². The Labute approximate surface area is 182 Å². The topological polar surface area (TPSA) is 73.6 Å². The number of fused-ring (bicyclic) bond motifs is 2. The minimum atomic E-state index is -4.94. The number of aliphatic hydroxyl groups is 1. The van der Waals surface area contributed by atoms with Crippen molar-refractivity contribution in [1.82, 2.24) is 9.55 Å². The Morgan fingerprint density at radius 2 is 1.91 bits per heavy atom. The summed E-state index contributed by atoms with van der Waals surface area (Å²) in [5.41, 5.74) is -3.54. The first-order valence-corrected chi connectivity index (χ1v) is 10.1. The highest BCUT2D eigenvalue weighted by Crippen LogP contribution is 2.47. The standard InChI is InChI=1S/C23H23F3N2O4/c1-14-10-28(16-7-5-9-27-18(16)19(14)29)12-22(30,23(24,25)26)11-21(2,3)15-6-4-8-17-20(15)32-13-31-17/h4-10,30H,11-13H2,1-3H3. The van der Waals surface area contributed by atoms with Crippen LogP contribution in [-0.4, -0.2) is 33.2 Å². The predicted molar refractivity (Wildman–Crippen MR) is 112 cm³/mol. The largest absolute Gasteiger partial charge is 0.454 e. The van der Waals surface area contributed by atoms with Crippen LogP contribution in [0.25, 0.3) is 11.0 Å². The van der Waals surface area contributed by atoms with Crippen LogP contribution in [0.1, 0.15) is 31.4 Å². The highest BCUT2D eigenvalue weighted by atomic mass is 19.4. The van der Waals surface area contributed by atoms with Crippen molar-refractivity contribution in [2.45, 2.75) is 50.9 Å². The third-order valence-corrected chi connectivity index (χ3v) is 5.84. The molecule has 1 aliphatic heterocycles. The molecule has 0 radical (unpaired) electrons. The fraction of sp³-hybridized carbons (Fsp3) is 0.391. The van der Waals surface area contributed by atoms with Crippen molar-refractivity contribution >= 4 is 11.0 Å². The van der Waals surface area contributed by atoms with Gasteiger partial charge in [-0.3, -0.25) is 9.78 Å². The summed E-state index contributed by atoms with van der Waals surface area (Å²) >= 11 is 0. The van der Waals surface area contributed by atoms with Crippen LogP contribution in [0.3, 0.4) is 0 Å². The van der Waals surface area contributed by atoms with Gasteiger partial charge in [0.15, 0.2) is 17.1 Å². The normalized spacial score (nSPS) is 15.7. The molecule has 0 fully saturated rings. The molecular formula is C23H23F3N2O4. The minimum absolute atomic E-state index is 0.0123. The number of hydrogen-bond acceptors (Lipinski definition) is 5. The molecule has 0 saturated heterocycles. The Bertz CT molecular complexity index is 1240. The molecule has 2 aromatic heterocycles. The molecule has 0 bridgehead atoms. The Morgan fingerprint density at radius 3 is 2.62 bits per heavy atom. The zero-order valence-electron chi connectivity index (χ0n) is 17.9. The molecule has 32 heavy (non-hydrogen) atoms. The number of rotatable bonds is 5. The monoisotopic (exact) mass is 448 g/mol. The summed E-state index contributed by atoms with van der Waals surface area (Å²) in [6, 6.07) is 8.09. The van der Waals surface area contributed by atoms with Gasteiger partial charge in [-0.2, -0.15) is 13.2 Å². The first-order valence-electron chi connectivity index (χ1n) is 10.1. The van der Waals surface area contributed by atoms with E-state index in [-0.39, 0.29) is 28.8 Å². The lowest BCUT2D eigenvalue weighted by Gasteiger charge is -2.38. The van der Waals surface area contributed by atoms with E-state index in [1.807, 2.05) is 0 Å². The van der Waals surface area contributed by atoms with E-state index in [0.717, 1.165) is 0 Å². The molecule has 3 heterocycles. The summed E-state index contributed by atoms with van der Waals surface area (Å²) in [4.78, 5) is 16.4. The Balaban J connectivity index is 1.78. The van der Waals surface area contributed by atoms with Gasteiger partial charge in [-0.25, -0.2) is 0 Å². The predicted octanol–water partition coefficient (Wildman–Crippen LogP) is 4.09. The van der Waals surface area contributed by atoms with Crippen LogP contribution in [0.2, 0.25) is 0 Å². The molecule has 0 saturated carbocycles. The third kappa shape index (κ3) is 3.70. The number of alkyl halides is 3. The van der Waals surface area contributed by atoms with E-state index in [9.17, 15) is 23.1 Å². The summed E-state index contributed by atoms with van der Waals surface area (Å²) < 4.78 is 55.0. The maximum atomic E-state index is 14.3. The molecule has 0 amide bonds. The quantitative estimate of drug-likeness (QED) is 0.637. The zero-order chi connectivity index (χ0) is 23.3. The number of aromatic nitrogens is 2. The summed E-state index contributed by atoms with van der Waals surface area (Å²) in [6.07, 6.45) is -2.85. The molecule has 0 spiro atoms. The second kappa shape index (κ2) is 7.51. The first-order chi connectivity index (χ1) is 14.9. The summed E-state index contributed by atoms with van der Waals surface area (Å²) in [5, 5.41) is 11.0. The number of ether oxygens (including phenoxy) is 2. The Hall–Kier alpha value is -3.07. The molecule has 1 N–H and O–H groups in total. The molecule has 6 nitrogen and oxygen atoms in total. The van der Waals surface area contributed by atoms with Crippen molar-refractivity contribution in [2.24, 2.45) is 0 Å². The van der Waals surface area contributed by atoms with Crippen molar-refractivity contribution in [3.05, 3.63) is 64.1 Å². The van der Waals surface area contributed by atoms with E-state index in [1.165, 1.54) is 36.0 Å². The molecule has 1 aliphatic rings. The van der Waals surface area contributed by atoms with E-state index in [4.69, 9.17) is 9.47 Å². The molecule has 1 unspecified atom stereocenters. The van der Waals surface area contributed by atoms with Crippen molar-refractivity contribution in [3.63, 3.8) is 0 Å². The van der Waals surface area contributed by atoms with E-state index in [0.29, 0.717) is 17.1 Å². The number of nitrogens with zero attached hydrogens (tertiary/aromatic N) is 2. The Kier molecular flexibility index (Phi) is 5.20. The average Bonchev–Trinajstić information content (AvgIpc) is 3.19. The SMILES string of the molecule is Cc1cn(CC(O)(CC(C)(C)c2cccc3c2OCO3)C(F)(F)F)c2cccnc2c1=O. The number of pyridine rings is 2. The maximum Gasteiger partial charge on any atom is 0.418 e. The van der Waals surface area contributed by atoms with Gasteiger partial charge in [-0.1, -0.05) is 26.0 Å². The summed E-state index contributed by atoms with van der Waals surface area (Å²) in [7, 11) is 0. The van der Waals surface area contributed by atoms with Crippen LogP contribution in [0.15, 0.2) is 47.5 Å².